The second-order valence-corrected chi connectivity index (χ2v) is 9.97. The zero-order valence-electron chi connectivity index (χ0n) is 21.1. The summed E-state index contributed by atoms with van der Waals surface area (Å²) in [6.45, 7) is 4.09. The number of halogens is 4. The largest absolute Gasteiger partial charge is 0.465 e. The number of rotatable bonds is 5. The molecule has 38 heavy (non-hydrogen) atoms. The Bertz CT molecular complexity index is 1340. The molecule has 8 nitrogen and oxygen atoms in total. The van der Waals surface area contributed by atoms with E-state index in [1.165, 1.54) is 15.9 Å². The maximum Gasteiger partial charge on any atom is 0.417 e. The standard InChI is InChI=1S/C26H25ClF3N3O5/c1-5-38-22(35)16-13-32(15-9-10-19-18(11-15)25(2,3)23(36)31(19)4)24(37)33(21(16)34)12-14-7-6-8-17(20(14)27)26(28,29)30/h6-11,16H,5,12-13H2,1-4H3. The molecular formula is C26H25ClF3N3O5. The van der Waals surface area contributed by atoms with Crippen LogP contribution in [0.3, 0.4) is 0 Å². The molecule has 0 bridgehead atoms. The molecule has 2 aliphatic rings. The van der Waals surface area contributed by atoms with E-state index in [1.54, 1.807) is 46.0 Å². The van der Waals surface area contributed by atoms with Gasteiger partial charge in [-0.05, 0) is 56.2 Å². The number of ether oxygens (including phenoxy) is 1. The molecule has 2 heterocycles. The topological polar surface area (TPSA) is 87.2 Å². The van der Waals surface area contributed by atoms with Gasteiger partial charge in [-0.25, -0.2) is 4.79 Å². The molecule has 0 aliphatic carbocycles. The van der Waals surface area contributed by atoms with Gasteiger partial charge in [0.05, 0.1) is 35.7 Å². The third-order valence-electron chi connectivity index (χ3n) is 6.84. The monoisotopic (exact) mass is 551 g/mol. The molecule has 2 aromatic carbocycles. The van der Waals surface area contributed by atoms with E-state index in [0.29, 0.717) is 21.8 Å². The number of alkyl halides is 3. The molecule has 0 spiro atoms. The summed E-state index contributed by atoms with van der Waals surface area (Å²) in [6, 6.07) is 7.23. The van der Waals surface area contributed by atoms with Crippen molar-refractivity contribution >= 4 is 46.8 Å². The number of fused-ring (bicyclic) bond motifs is 1. The average Bonchev–Trinajstić information content (AvgIpc) is 3.01. The number of nitrogens with zero attached hydrogens (tertiary/aromatic N) is 3. The van der Waals surface area contributed by atoms with Gasteiger partial charge < -0.3 is 9.64 Å². The van der Waals surface area contributed by atoms with Crippen LogP contribution in [0.2, 0.25) is 5.02 Å². The van der Waals surface area contributed by atoms with Crippen LogP contribution in [0.15, 0.2) is 36.4 Å². The molecule has 0 radical (unpaired) electrons. The van der Waals surface area contributed by atoms with E-state index < -0.39 is 52.5 Å². The fourth-order valence-corrected chi connectivity index (χ4v) is 5.06. The summed E-state index contributed by atoms with van der Waals surface area (Å²) in [4.78, 5) is 55.6. The summed E-state index contributed by atoms with van der Waals surface area (Å²) in [7, 11) is 1.64. The minimum atomic E-state index is -4.75. The summed E-state index contributed by atoms with van der Waals surface area (Å²) < 4.78 is 45.2. The van der Waals surface area contributed by atoms with Crippen molar-refractivity contribution in [2.75, 3.05) is 30.0 Å². The summed E-state index contributed by atoms with van der Waals surface area (Å²) in [5, 5.41) is -0.647. The fourth-order valence-electron chi connectivity index (χ4n) is 4.77. The van der Waals surface area contributed by atoms with Crippen molar-refractivity contribution in [1.82, 2.24) is 4.90 Å². The molecule has 2 aliphatic heterocycles. The van der Waals surface area contributed by atoms with E-state index in [9.17, 15) is 32.3 Å². The van der Waals surface area contributed by atoms with Gasteiger partial charge in [-0.15, -0.1) is 0 Å². The third-order valence-corrected chi connectivity index (χ3v) is 7.29. The van der Waals surface area contributed by atoms with Crippen molar-refractivity contribution in [3.05, 3.63) is 58.1 Å². The van der Waals surface area contributed by atoms with Gasteiger partial charge in [-0.2, -0.15) is 13.2 Å². The zero-order chi connectivity index (χ0) is 28.2. The first-order valence-corrected chi connectivity index (χ1v) is 12.1. The maximum atomic E-state index is 13.6. The molecule has 4 rings (SSSR count). The van der Waals surface area contributed by atoms with Crippen LogP contribution in [-0.4, -0.2) is 48.9 Å². The maximum absolute atomic E-state index is 13.6. The Kier molecular flexibility index (Phi) is 6.94. The molecule has 0 saturated carbocycles. The van der Waals surface area contributed by atoms with E-state index in [4.69, 9.17) is 16.3 Å². The lowest BCUT2D eigenvalue weighted by molar-refractivity contribution is -0.154. The van der Waals surface area contributed by atoms with Crippen LogP contribution in [-0.2, 0) is 37.3 Å². The molecule has 1 saturated heterocycles. The number of hydrogen-bond acceptors (Lipinski definition) is 5. The Morgan fingerprint density at radius 3 is 2.47 bits per heavy atom. The minimum Gasteiger partial charge on any atom is -0.465 e. The predicted molar refractivity (Wildman–Crippen MR) is 133 cm³/mol. The van der Waals surface area contributed by atoms with Gasteiger partial charge in [-0.1, -0.05) is 23.7 Å². The van der Waals surface area contributed by atoms with Crippen LogP contribution < -0.4 is 9.80 Å². The number of benzene rings is 2. The smallest absolute Gasteiger partial charge is 0.417 e. The Labute approximate surface area is 221 Å². The second-order valence-electron chi connectivity index (χ2n) is 9.59. The number of likely N-dealkylation sites (N-methyl/N-ethyl adjacent to an activating group) is 1. The van der Waals surface area contributed by atoms with Gasteiger partial charge in [0.15, 0.2) is 5.92 Å². The van der Waals surface area contributed by atoms with Crippen molar-refractivity contribution in [2.45, 2.75) is 38.9 Å². The SMILES string of the molecule is CCOC(=O)C1CN(c2ccc3c(c2)C(C)(C)C(=O)N3C)C(=O)N(Cc2cccc(C(F)(F)F)c2Cl)C1=O. The summed E-state index contributed by atoms with van der Waals surface area (Å²) in [6.07, 6.45) is -4.75. The fraction of sp³-hybridized carbons (Fsp3) is 0.385. The van der Waals surface area contributed by atoms with E-state index >= 15 is 0 Å². The summed E-state index contributed by atoms with van der Waals surface area (Å²) >= 11 is 6.02. The second kappa shape index (κ2) is 9.61. The van der Waals surface area contributed by atoms with E-state index in [0.717, 1.165) is 12.1 Å². The Morgan fingerprint density at radius 2 is 1.84 bits per heavy atom. The van der Waals surface area contributed by atoms with Gasteiger partial charge in [0, 0.05) is 18.4 Å². The zero-order valence-corrected chi connectivity index (χ0v) is 21.8. The molecule has 12 heteroatoms. The highest BCUT2D eigenvalue weighted by Crippen LogP contribution is 2.43. The molecule has 1 atom stereocenters. The summed E-state index contributed by atoms with van der Waals surface area (Å²) in [5.41, 5.74) is -0.504. The molecule has 202 valence electrons. The normalized spacial score (nSPS) is 19.2. The quantitative estimate of drug-likeness (QED) is 0.395. The van der Waals surface area contributed by atoms with Gasteiger partial charge >= 0.3 is 18.2 Å². The minimum absolute atomic E-state index is 0.0164. The first kappa shape index (κ1) is 27.4. The first-order valence-electron chi connectivity index (χ1n) is 11.8. The molecule has 0 aromatic heterocycles. The number of urea groups is 1. The van der Waals surface area contributed by atoms with Crippen molar-refractivity contribution in [3.63, 3.8) is 0 Å². The van der Waals surface area contributed by atoms with Crippen molar-refractivity contribution in [3.8, 4) is 0 Å². The van der Waals surface area contributed by atoms with Gasteiger partial charge in [0.1, 0.15) is 0 Å². The molecule has 2 aromatic rings. The average molecular weight is 552 g/mol. The van der Waals surface area contributed by atoms with Crippen molar-refractivity contribution in [2.24, 2.45) is 5.92 Å². The number of anilines is 2. The van der Waals surface area contributed by atoms with Crippen molar-refractivity contribution in [1.29, 1.82) is 0 Å². The third kappa shape index (κ3) is 4.48. The molecule has 1 unspecified atom stereocenters. The van der Waals surface area contributed by atoms with Crippen LogP contribution in [0.1, 0.15) is 37.5 Å². The van der Waals surface area contributed by atoms with Gasteiger partial charge in [-0.3, -0.25) is 24.2 Å². The van der Waals surface area contributed by atoms with Gasteiger partial charge in [0.25, 0.3) is 0 Å². The van der Waals surface area contributed by atoms with E-state index in [2.05, 4.69) is 0 Å². The number of amides is 4. The van der Waals surface area contributed by atoms with Gasteiger partial charge in [0.2, 0.25) is 11.8 Å². The number of hydrogen-bond donors (Lipinski definition) is 0. The lowest BCUT2D eigenvalue weighted by Crippen LogP contribution is -2.58. The van der Waals surface area contributed by atoms with E-state index in [-0.39, 0.29) is 24.6 Å². The lowest BCUT2D eigenvalue weighted by atomic mass is 9.86. The highest BCUT2D eigenvalue weighted by Gasteiger charge is 2.46. The molecular weight excluding hydrogens is 527 g/mol. The number of esters is 1. The lowest BCUT2D eigenvalue weighted by Gasteiger charge is -2.38. The van der Waals surface area contributed by atoms with Crippen LogP contribution in [0.25, 0.3) is 0 Å². The number of carbonyl (C=O) groups is 4. The van der Waals surface area contributed by atoms with Crippen LogP contribution in [0, 0.1) is 5.92 Å². The van der Waals surface area contributed by atoms with Crippen LogP contribution in [0.4, 0.5) is 29.3 Å². The van der Waals surface area contributed by atoms with E-state index in [1.807, 2.05) is 0 Å². The number of carbonyl (C=O) groups excluding carboxylic acids is 4. The predicted octanol–water partition coefficient (Wildman–Crippen LogP) is 4.76. The molecule has 0 N–H and O–H groups in total. The Hall–Kier alpha value is -3.60. The highest BCUT2D eigenvalue weighted by atomic mass is 35.5. The molecule has 4 amide bonds. The van der Waals surface area contributed by atoms with Crippen LogP contribution >= 0.6 is 11.6 Å². The summed E-state index contributed by atoms with van der Waals surface area (Å²) in [5.74, 6) is -3.33. The Morgan fingerprint density at radius 1 is 1.16 bits per heavy atom. The number of imide groups is 1. The first-order chi connectivity index (χ1) is 17.7. The molecule has 1 fully saturated rings. The van der Waals surface area contributed by atoms with Crippen LogP contribution in [0.5, 0.6) is 0 Å². The Balaban J connectivity index is 1.76. The highest BCUT2D eigenvalue weighted by molar-refractivity contribution is 6.32. The van der Waals surface area contributed by atoms with Crippen molar-refractivity contribution < 1.29 is 37.1 Å².